The molecule has 2 N–H and O–H groups in total. The van der Waals surface area contributed by atoms with E-state index in [0.717, 1.165) is 12.1 Å². The van der Waals surface area contributed by atoms with Gasteiger partial charge in [-0.05, 0) is 19.3 Å². The van der Waals surface area contributed by atoms with Crippen molar-refractivity contribution >= 4 is 28.9 Å². The average molecular weight is 453 g/mol. The summed E-state index contributed by atoms with van der Waals surface area (Å²) >= 11 is 0. The Labute approximate surface area is 183 Å². The number of piperidine rings is 2. The first-order valence-corrected chi connectivity index (χ1v) is 10.6. The predicted molar refractivity (Wildman–Crippen MR) is 111 cm³/mol. The van der Waals surface area contributed by atoms with Crippen LogP contribution in [0.1, 0.15) is 19.3 Å². The molecule has 0 spiro atoms. The highest BCUT2D eigenvalue weighted by molar-refractivity contribution is 5.84. The average Bonchev–Trinajstić information content (AvgIpc) is 3.12. The lowest BCUT2D eigenvalue weighted by Gasteiger charge is -2.34. The molecule has 2 fully saturated rings. The van der Waals surface area contributed by atoms with Gasteiger partial charge in [0.2, 0.25) is 11.9 Å². The number of hydrogen-bond acceptors (Lipinski definition) is 6. The second kappa shape index (κ2) is 8.97. The Bertz CT molecular complexity index is 1020. The highest BCUT2D eigenvalue weighted by atomic mass is 19.2. The molecule has 0 bridgehead atoms. The second-order valence-corrected chi connectivity index (χ2v) is 8.35. The summed E-state index contributed by atoms with van der Waals surface area (Å²) < 4.78 is 48.0. The van der Waals surface area contributed by atoms with Crippen molar-refractivity contribution in [2.24, 2.45) is 11.7 Å². The van der Waals surface area contributed by atoms with Crippen molar-refractivity contribution in [3.8, 4) is 0 Å². The van der Waals surface area contributed by atoms with Gasteiger partial charge < -0.3 is 24.8 Å². The minimum absolute atomic E-state index is 0.148. The van der Waals surface area contributed by atoms with Crippen LogP contribution in [0.25, 0.3) is 11.0 Å². The molecule has 0 unspecified atom stereocenters. The molecule has 2 aliphatic rings. The fourth-order valence-electron chi connectivity index (χ4n) is 4.41. The molecule has 2 atom stereocenters. The minimum Gasteiger partial charge on any atom is -0.469 e. The Morgan fingerprint density at radius 1 is 1.16 bits per heavy atom. The topological polar surface area (TPSA) is 93.7 Å². The number of benzene rings is 1. The first kappa shape index (κ1) is 22.4. The van der Waals surface area contributed by atoms with Crippen LogP contribution in [0.15, 0.2) is 12.1 Å². The quantitative estimate of drug-likeness (QED) is 0.707. The number of amides is 1. The molecule has 11 heteroatoms. The van der Waals surface area contributed by atoms with Gasteiger partial charge in [0.15, 0.2) is 11.6 Å². The third-order valence-corrected chi connectivity index (χ3v) is 6.30. The summed E-state index contributed by atoms with van der Waals surface area (Å²) in [5.41, 5.74) is 6.35. The number of methoxy groups -OCH3 is 1. The van der Waals surface area contributed by atoms with Gasteiger partial charge in [-0.2, -0.15) is 0 Å². The maximum Gasteiger partial charge on any atom is 0.308 e. The number of carbonyl (C=O) groups is 2. The SMILES string of the molecule is COC(=O)C1CCN(C(=O)Cn2c(N3CC[C@@H](F)[C@H](N)C3)nc3cc(F)c(F)cc32)CC1. The summed E-state index contributed by atoms with van der Waals surface area (Å²) in [5.74, 6) is -2.52. The number of fused-ring (bicyclic) bond motifs is 1. The van der Waals surface area contributed by atoms with Crippen LogP contribution in [0, 0.1) is 17.6 Å². The lowest BCUT2D eigenvalue weighted by atomic mass is 9.97. The Morgan fingerprint density at radius 3 is 2.50 bits per heavy atom. The number of nitrogens with zero attached hydrogens (tertiary/aromatic N) is 4. The number of hydrogen-bond donors (Lipinski definition) is 1. The molecular weight excluding hydrogens is 427 g/mol. The molecule has 2 aromatic rings. The van der Waals surface area contributed by atoms with E-state index in [9.17, 15) is 22.8 Å². The second-order valence-electron chi connectivity index (χ2n) is 8.35. The number of nitrogens with two attached hydrogens (primary N) is 1. The Balaban J connectivity index is 1.60. The summed E-state index contributed by atoms with van der Waals surface area (Å²) in [6.45, 7) is 1.13. The Hall–Kier alpha value is -2.82. The number of likely N-dealkylation sites (tertiary alicyclic amines) is 1. The van der Waals surface area contributed by atoms with Gasteiger partial charge in [-0.1, -0.05) is 0 Å². The van der Waals surface area contributed by atoms with E-state index in [2.05, 4.69) is 4.98 Å². The molecule has 8 nitrogen and oxygen atoms in total. The van der Waals surface area contributed by atoms with E-state index in [-0.39, 0.29) is 48.3 Å². The number of carbonyl (C=O) groups excluding carboxylic acids is 2. The van der Waals surface area contributed by atoms with Crippen LogP contribution in [0.3, 0.4) is 0 Å². The third kappa shape index (κ3) is 4.25. The Morgan fingerprint density at radius 2 is 1.84 bits per heavy atom. The van der Waals surface area contributed by atoms with E-state index in [0.29, 0.717) is 38.4 Å². The van der Waals surface area contributed by atoms with Gasteiger partial charge in [-0.15, -0.1) is 0 Å². The van der Waals surface area contributed by atoms with Gasteiger partial charge in [-0.3, -0.25) is 9.59 Å². The highest BCUT2D eigenvalue weighted by Crippen LogP contribution is 2.28. The molecule has 1 aromatic carbocycles. The number of imidazole rings is 1. The van der Waals surface area contributed by atoms with Crippen molar-refractivity contribution in [2.45, 2.75) is 38.0 Å². The molecule has 2 saturated heterocycles. The van der Waals surface area contributed by atoms with Crippen LogP contribution in [0.2, 0.25) is 0 Å². The van der Waals surface area contributed by atoms with Crippen molar-refractivity contribution in [1.82, 2.24) is 14.5 Å². The van der Waals surface area contributed by atoms with Crippen molar-refractivity contribution < 1.29 is 27.5 Å². The summed E-state index contributed by atoms with van der Waals surface area (Å²) in [4.78, 5) is 32.6. The highest BCUT2D eigenvalue weighted by Gasteiger charge is 2.32. The van der Waals surface area contributed by atoms with E-state index >= 15 is 0 Å². The molecule has 0 saturated carbocycles. The number of alkyl halides is 1. The normalized spacial score (nSPS) is 22.4. The monoisotopic (exact) mass is 453 g/mol. The summed E-state index contributed by atoms with van der Waals surface area (Å²) in [5, 5.41) is 0. The summed E-state index contributed by atoms with van der Waals surface area (Å²) in [6.07, 6.45) is 0.0440. The van der Waals surface area contributed by atoms with Gasteiger partial charge in [-0.25, -0.2) is 18.2 Å². The molecule has 4 rings (SSSR count). The first-order chi connectivity index (χ1) is 15.3. The van der Waals surface area contributed by atoms with Crippen molar-refractivity contribution in [2.75, 3.05) is 38.2 Å². The lowest BCUT2D eigenvalue weighted by molar-refractivity contribution is -0.149. The minimum atomic E-state index is -1.14. The van der Waals surface area contributed by atoms with Gasteiger partial charge in [0.05, 0.1) is 30.1 Å². The van der Waals surface area contributed by atoms with Gasteiger partial charge >= 0.3 is 5.97 Å². The van der Waals surface area contributed by atoms with Crippen LogP contribution in [0.5, 0.6) is 0 Å². The standard InChI is InChI=1S/C21H26F3N5O3/c1-32-20(31)12-2-5-27(6-3-12)19(30)11-29-18-9-15(24)14(23)8-17(18)26-21(29)28-7-4-13(22)16(25)10-28/h8-9,12-13,16H,2-7,10-11,25H2,1H3/t13-,16-/m1/s1. The smallest absolute Gasteiger partial charge is 0.308 e. The fourth-order valence-corrected chi connectivity index (χ4v) is 4.41. The van der Waals surface area contributed by atoms with E-state index in [1.807, 2.05) is 0 Å². The zero-order valence-electron chi connectivity index (χ0n) is 17.8. The maximum atomic E-state index is 14.0. The molecule has 32 heavy (non-hydrogen) atoms. The summed E-state index contributed by atoms with van der Waals surface area (Å²) in [7, 11) is 1.34. The largest absolute Gasteiger partial charge is 0.469 e. The molecule has 2 aliphatic heterocycles. The predicted octanol–water partition coefficient (Wildman–Crippen LogP) is 1.60. The van der Waals surface area contributed by atoms with Crippen molar-refractivity contribution in [1.29, 1.82) is 0 Å². The number of ether oxygens (including phenoxy) is 1. The zero-order chi connectivity index (χ0) is 23.0. The molecule has 3 heterocycles. The molecule has 1 aromatic heterocycles. The van der Waals surface area contributed by atoms with Crippen LogP contribution in [-0.4, -0.2) is 71.8 Å². The number of aromatic nitrogens is 2. The molecule has 0 radical (unpaired) electrons. The van der Waals surface area contributed by atoms with Crippen LogP contribution >= 0.6 is 0 Å². The van der Waals surface area contributed by atoms with Crippen LogP contribution < -0.4 is 10.6 Å². The third-order valence-electron chi connectivity index (χ3n) is 6.30. The molecular formula is C21H26F3N5O3. The molecule has 174 valence electrons. The fraction of sp³-hybridized carbons (Fsp3) is 0.571. The van der Waals surface area contributed by atoms with Gasteiger partial charge in [0.1, 0.15) is 12.7 Å². The van der Waals surface area contributed by atoms with Gasteiger partial charge in [0.25, 0.3) is 0 Å². The molecule has 1 amide bonds. The Kier molecular flexibility index (Phi) is 6.27. The number of rotatable bonds is 4. The van der Waals surface area contributed by atoms with E-state index in [1.165, 1.54) is 11.7 Å². The number of esters is 1. The molecule has 0 aliphatic carbocycles. The van der Waals surface area contributed by atoms with E-state index in [4.69, 9.17) is 10.5 Å². The first-order valence-electron chi connectivity index (χ1n) is 10.6. The maximum absolute atomic E-state index is 14.0. The van der Waals surface area contributed by atoms with E-state index < -0.39 is 23.8 Å². The van der Waals surface area contributed by atoms with Gasteiger partial charge in [0, 0.05) is 38.3 Å². The van der Waals surface area contributed by atoms with Crippen LogP contribution in [0.4, 0.5) is 19.1 Å². The number of halogens is 3. The van der Waals surface area contributed by atoms with Crippen molar-refractivity contribution in [3.63, 3.8) is 0 Å². The van der Waals surface area contributed by atoms with E-state index in [1.54, 1.807) is 9.80 Å². The van der Waals surface area contributed by atoms with Crippen molar-refractivity contribution in [3.05, 3.63) is 23.8 Å². The lowest BCUT2D eigenvalue weighted by Crippen LogP contribution is -2.50. The van der Waals surface area contributed by atoms with Crippen LogP contribution in [-0.2, 0) is 20.9 Å². The number of anilines is 1. The summed E-state index contributed by atoms with van der Waals surface area (Å²) in [6, 6.07) is 1.28. The zero-order valence-corrected chi connectivity index (χ0v) is 17.8.